The van der Waals surface area contributed by atoms with Crippen LogP contribution in [-0.4, -0.2) is 31.2 Å². The van der Waals surface area contributed by atoms with E-state index in [0.717, 1.165) is 11.1 Å². The Morgan fingerprint density at radius 2 is 1.63 bits per heavy atom. The molecule has 3 aromatic rings. The molecule has 2 amide bonds. The SMILES string of the molecule is CC(C)N(Cc1ccccc1)C(=O)C(NS(=O)(=O)c1ccc2c(c1)CCC(=O)N2)c1ccccc1. The summed E-state index contributed by atoms with van der Waals surface area (Å²) in [6.07, 6.45) is 0.766. The first-order valence-electron chi connectivity index (χ1n) is 11.6. The van der Waals surface area contributed by atoms with Crippen LogP contribution in [0.2, 0.25) is 0 Å². The van der Waals surface area contributed by atoms with Gasteiger partial charge >= 0.3 is 0 Å². The molecule has 7 nitrogen and oxygen atoms in total. The first-order valence-corrected chi connectivity index (χ1v) is 13.1. The number of benzene rings is 3. The third-order valence-electron chi connectivity index (χ3n) is 6.04. The summed E-state index contributed by atoms with van der Waals surface area (Å²) in [4.78, 5) is 27.2. The smallest absolute Gasteiger partial charge is 0.245 e. The Hall–Kier alpha value is -3.49. The van der Waals surface area contributed by atoms with Crippen molar-refractivity contribution in [3.05, 3.63) is 95.6 Å². The molecule has 0 spiro atoms. The van der Waals surface area contributed by atoms with Crippen molar-refractivity contribution < 1.29 is 18.0 Å². The molecule has 8 heteroatoms. The average Bonchev–Trinajstić information content (AvgIpc) is 2.86. The lowest BCUT2D eigenvalue weighted by molar-refractivity contribution is -0.135. The third-order valence-corrected chi connectivity index (χ3v) is 7.46. The van der Waals surface area contributed by atoms with E-state index < -0.39 is 16.1 Å². The molecule has 0 radical (unpaired) electrons. The number of carbonyl (C=O) groups excluding carboxylic acids is 2. The summed E-state index contributed by atoms with van der Waals surface area (Å²) < 4.78 is 29.6. The van der Waals surface area contributed by atoms with Crippen LogP contribution < -0.4 is 10.0 Å². The monoisotopic (exact) mass is 491 g/mol. The number of carbonyl (C=O) groups is 2. The number of sulfonamides is 1. The van der Waals surface area contributed by atoms with Crippen molar-refractivity contribution in [2.24, 2.45) is 0 Å². The Balaban J connectivity index is 1.66. The van der Waals surface area contributed by atoms with Gasteiger partial charge in [0.1, 0.15) is 6.04 Å². The van der Waals surface area contributed by atoms with Gasteiger partial charge in [0, 0.05) is 24.7 Å². The lowest BCUT2D eigenvalue weighted by Gasteiger charge is -2.31. The quantitative estimate of drug-likeness (QED) is 0.497. The number of hydrogen-bond donors (Lipinski definition) is 2. The van der Waals surface area contributed by atoms with E-state index in [4.69, 9.17) is 0 Å². The summed E-state index contributed by atoms with van der Waals surface area (Å²) in [5.74, 6) is -0.419. The maximum Gasteiger partial charge on any atom is 0.245 e. The minimum absolute atomic E-state index is 0.0558. The van der Waals surface area contributed by atoms with Crippen LogP contribution in [0, 0.1) is 0 Å². The zero-order chi connectivity index (χ0) is 25.0. The molecule has 0 fully saturated rings. The topological polar surface area (TPSA) is 95.6 Å². The predicted molar refractivity (Wildman–Crippen MR) is 135 cm³/mol. The maximum absolute atomic E-state index is 13.8. The van der Waals surface area contributed by atoms with E-state index in [2.05, 4.69) is 10.0 Å². The number of nitrogens with zero attached hydrogens (tertiary/aromatic N) is 1. The van der Waals surface area contributed by atoms with E-state index in [9.17, 15) is 18.0 Å². The molecule has 35 heavy (non-hydrogen) atoms. The van der Waals surface area contributed by atoms with Gasteiger partial charge in [0.15, 0.2) is 0 Å². The molecule has 0 aliphatic carbocycles. The van der Waals surface area contributed by atoms with E-state index in [1.807, 2.05) is 50.2 Å². The zero-order valence-corrected chi connectivity index (χ0v) is 20.6. The minimum Gasteiger partial charge on any atom is -0.334 e. The number of fused-ring (bicyclic) bond motifs is 1. The minimum atomic E-state index is -4.04. The number of anilines is 1. The molecule has 1 aliphatic rings. The van der Waals surface area contributed by atoms with E-state index in [1.54, 1.807) is 41.3 Å². The number of nitrogens with one attached hydrogen (secondary N) is 2. The second kappa shape index (κ2) is 10.4. The fraction of sp³-hybridized carbons (Fsp3) is 0.259. The second-order valence-electron chi connectivity index (χ2n) is 8.88. The van der Waals surface area contributed by atoms with Crippen LogP contribution in [0.4, 0.5) is 5.69 Å². The fourth-order valence-electron chi connectivity index (χ4n) is 4.12. The normalized spacial score (nSPS) is 14.2. The predicted octanol–water partition coefficient (Wildman–Crippen LogP) is 4.03. The Kier molecular flexibility index (Phi) is 7.33. The molecule has 0 bridgehead atoms. The number of aryl methyl sites for hydroxylation is 1. The van der Waals surface area contributed by atoms with Crippen LogP contribution in [-0.2, 0) is 32.6 Å². The highest BCUT2D eigenvalue weighted by atomic mass is 32.2. The molecule has 3 aromatic carbocycles. The summed E-state index contributed by atoms with van der Waals surface area (Å²) in [7, 11) is -4.04. The Morgan fingerprint density at radius 1 is 0.971 bits per heavy atom. The molecule has 0 saturated heterocycles. The highest BCUT2D eigenvalue weighted by molar-refractivity contribution is 7.89. The summed E-state index contributed by atoms with van der Waals surface area (Å²) >= 11 is 0. The van der Waals surface area contributed by atoms with Crippen molar-refractivity contribution in [3.8, 4) is 0 Å². The standard InChI is InChI=1S/C27H29N3O4S/c1-19(2)30(18-20-9-5-3-6-10-20)27(32)26(21-11-7-4-8-12-21)29-35(33,34)23-14-15-24-22(17-23)13-16-25(31)28-24/h3-12,14-15,17,19,26,29H,13,16,18H2,1-2H3,(H,28,31). The van der Waals surface area contributed by atoms with Gasteiger partial charge in [-0.2, -0.15) is 4.72 Å². The zero-order valence-electron chi connectivity index (χ0n) is 19.8. The third kappa shape index (κ3) is 5.78. The molecule has 1 heterocycles. The van der Waals surface area contributed by atoms with Crippen LogP contribution in [0.5, 0.6) is 0 Å². The number of amides is 2. The highest BCUT2D eigenvalue weighted by Gasteiger charge is 2.32. The van der Waals surface area contributed by atoms with Crippen molar-refractivity contribution in [2.75, 3.05) is 5.32 Å². The number of rotatable bonds is 8. The van der Waals surface area contributed by atoms with Crippen molar-refractivity contribution in [1.82, 2.24) is 9.62 Å². The summed E-state index contributed by atoms with van der Waals surface area (Å²) in [5.41, 5.74) is 2.89. The van der Waals surface area contributed by atoms with Gasteiger partial charge in [0.25, 0.3) is 0 Å². The van der Waals surface area contributed by atoms with Crippen LogP contribution in [0.25, 0.3) is 0 Å². The van der Waals surface area contributed by atoms with E-state index in [-0.39, 0.29) is 22.8 Å². The Morgan fingerprint density at radius 3 is 2.29 bits per heavy atom. The van der Waals surface area contributed by atoms with Gasteiger partial charge in [0.2, 0.25) is 21.8 Å². The molecular formula is C27H29N3O4S. The van der Waals surface area contributed by atoms with Gasteiger partial charge in [-0.1, -0.05) is 60.7 Å². The van der Waals surface area contributed by atoms with E-state index in [1.165, 1.54) is 6.07 Å². The van der Waals surface area contributed by atoms with Crippen LogP contribution in [0.3, 0.4) is 0 Å². The molecule has 1 aliphatic heterocycles. The molecule has 1 unspecified atom stereocenters. The fourth-order valence-corrected chi connectivity index (χ4v) is 5.35. The van der Waals surface area contributed by atoms with E-state index >= 15 is 0 Å². The molecule has 4 rings (SSSR count). The maximum atomic E-state index is 13.8. The van der Waals surface area contributed by atoms with Crippen molar-refractivity contribution in [1.29, 1.82) is 0 Å². The van der Waals surface area contributed by atoms with Crippen molar-refractivity contribution in [3.63, 3.8) is 0 Å². The molecule has 182 valence electrons. The molecular weight excluding hydrogens is 462 g/mol. The van der Waals surface area contributed by atoms with Gasteiger partial charge < -0.3 is 10.2 Å². The first kappa shape index (κ1) is 24.6. The Labute approximate surface area is 206 Å². The summed E-state index contributed by atoms with van der Waals surface area (Å²) in [5, 5.41) is 2.76. The second-order valence-corrected chi connectivity index (χ2v) is 10.6. The van der Waals surface area contributed by atoms with Crippen LogP contribution in [0.1, 0.15) is 43.0 Å². The van der Waals surface area contributed by atoms with E-state index in [0.29, 0.717) is 30.6 Å². The molecule has 1 atom stereocenters. The Bertz CT molecular complexity index is 1310. The van der Waals surface area contributed by atoms with Gasteiger partial charge in [-0.25, -0.2) is 8.42 Å². The largest absolute Gasteiger partial charge is 0.334 e. The average molecular weight is 492 g/mol. The summed E-state index contributed by atoms with van der Waals surface area (Å²) in [6, 6.07) is 21.8. The molecule has 2 N–H and O–H groups in total. The van der Waals surface area contributed by atoms with Crippen molar-refractivity contribution >= 4 is 27.5 Å². The van der Waals surface area contributed by atoms with Gasteiger partial charge in [-0.05, 0) is 55.2 Å². The van der Waals surface area contributed by atoms with Crippen LogP contribution in [0.15, 0.2) is 83.8 Å². The van der Waals surface area contributed by atoms with Crippen LogP contribution >= 0.6 is 0 Å². The molecule has 0 saturated carbocycles. The van der Waals surface area contributed by atoms with Gasteiger partial charge in [-0.15, -0.1) is 0 Å². The summed E-state index contributed by atoms with van der Waals surface area (Å²) in [6.45, 7) is 4.19. The van der Waals surface area contributed by atoms with Gasteiger partial charge in [0.05, 0.1) is 4.90 Å². The lowest BCUT2D eigenvalue weighted by Crippen LogP contribution is -2.45. The van der Waals surface area contributed by atoms with Crippen molar-refractivity contribution in [2.45, 2.75) is 50.2 Å². The van der Waals surface area contributed by atoms with Gasteiger partial charge in [-0.3, -0.25) is 9.59 Å². The lowest BCUT2D eigenvalue weighted by atomic mass is 10.0. The highest BCUT2D eigenvalue weighted by Crippen LogP contribution is 2.27. The first-order chi connectivity index (χ1) is 16.7. The number of hydrogen-bond acceptors (Lipinski definition) is 4. The molecule has 0 aromatic heterocycles.